The van der Waals surface area contributed by atoms with Crippen molar-refractivity contribution in [3.63, 3.8) is 0 Å². The fourth-order valence-corrected chi connectivity index (χ4v) is 1.45. The Hall–Kier alpha value is -1.62. The lowest BCUT2D eigenvalue weighted by molar-refractivity contribution is -0.148. The van der Waals surface area contributed by atoms with Crippen LogP contribution < -0.4 is 4.74 Å². The van der Waals surface area contributed by atoms with Crippen LogP contribution in [0.2, 0.25) is 0 Å². The minimum Gasteiger partial charge on any atom is -0.490 e. The Morgan fingerprint density at radius 2 is 2.06 bits per heavy atom. The molecule has 0 aliphatic heterocycles. The van der Waals surface area contributed by atoms with Gasteiger partial charge in [-0.25, -0.2) is 4.39 Å². The van der Waals surface area contributed by atoms with Crippen LogP contribution in [0.15, 0.2) is 24.3 Å². The van der Waals surface area contributed by atoms with E-state index in [9.17, 15) is 9.18 Å². The molecular weight excluding hydrogens is 239 g/mol. The minimum absolute atomic E-state index is 0.0360. The molecule has 1 atom stereocenters. The number of carbonyl (C=O) groups is 1. The second-order valence-corrected chi connectivity index (χ2v) is 3.86. The first-order valence-electron chi connectivity index (χ1n) is 5.78. The van der Waals surface area contributed by atoms with E-state index < -0.39 is 6.10 Å². The van der Waals surface area contributed by atoms with Gasteiger partial charge in [-0.3, -0.25) is 4.79 Å². The van der Waals surface area contributed by atoms with Crippen LogP contribution >= 0.6 is 0 Å². The molecule has 100 valence electrons. The van der Waals surface area contributed by atoms with Gasteiger partial charge < -0.3 is 14.6 Å². The SMILES string of the molecule is CC(=O)OC(CCCO)COc1ccc(F)cc1. The quantitative estimate of drug-likeness (QED) is 0.757. The van der Waals surface area contributed by atoms with E-state index in [1.54, 1.807) is 0 Å². The van der Waals surface area contributed by atoms with Crippen molar-refractivity contribution in [2.24, 2.45) is 0 Å². The first kappa shape index (κ1) is 14.4. The number of esters is 1. The summed E-state index contributed by atoms with van der Waals surface area (Å²) in [7, 11) is 0. The third-order valence-electron chi connectivity index (χ3n) is 2.27. The van der Waals surface area contributed by atoms with Gasteiger partial charge in [0, 0.05) is 13.5 Å². The Bertz CT molecular complexity index is 364. The molecule has 1 aromatic carbocycles. The first-order valence-corrected chi connectivity index (χ1v) is 5.78. The number of halogens is 1. The molecule has 0 saturated carbocycles. The molecule has 1 N–H and O–H groups in total. The van der Waals surface area contributed by atoms with Gasteiger partial charge in [0.15, 0.2) is 0 Å². The van der Waals surface area contributed by atoms with Gasteiger partial charge in [-0.05, 0) is 37.1 Å². The van der Waals surface area contributed by atoms with Crippen molar-refractivity contribution < 1.29 is 23.8 Å². The maximum Gasteiger partial charge on any atom is 0.303 e. The highest BCUT2D eigenvalue weighted by molar-refractivity contribution is 5.66. The molecule has 5 heteroatoms. The average Bonchev–Trinajstić information content (AvgIpc) is 2.34. The highest BCUT2D eigenvalue weighted by atomic mass is 19.1. The van der Waals surface area contributed by atoms with E-state index in [0.29, 0.717) is 18.6 Å². The van der Waals surface area contributed by atoms with E-state index in [4.69, 9.17) is 14.6 Å². The van der Waals surface area contributed by atoms with Crippen LogP contribution in [-0.2, 0) is 9.53 Å². The molecule has 0 fully saturated rings. The van der Waals surface area contributed by atoms with Gasteiger partial charge in [-0.1, -0.05) is 0 Å². The van der Waals surface area contributed by atoms with Crippen molar-refractivity contribution in [2.75, 3.05) is 13.2 Å². The summed E-state index contributed by atoms with van der Waals surface area (Å²) in [5.74, 6) is -0.211. The molecular formula is C13H17FO4. The summed E-state index contributed by atoms with van der Waals surface area (Å²) in [6.45, 7) is 1.55. The molecule has 0 aliphatic carbocycles. The molecule has 18 heavy (non-hydrogen) atoms. The maximum absolute atomic E-state index is 12.7. The summed E-state index contributed by atoms with van der Waals surface area (Å²) >= 11 is 0. The normalized spacial score (nSPS) is 11.9. The van der Waals surface area contributed by atoms with Crippen LogP contribution in [-0.4, -0.2) is 30.4 Å². The van der Waals surface area contributed by atoms with Crippen molar-refractivity contribution in [1.82, 2.24) is 0 Å². The van der Waals surface area contributed by atoms with Crippen molar-refractivity contribution in [2.45, 2.75) is 25.9 Å². The Morgan fingerprint density at radius 1 is 1.39 bits per heavy atom. The average molecular weight is 256 g/mol. The summed E-state index contributed by atoms with van der Waals surface area (Å²) in [6.07, 6.45) is 0.654. The van der Waals surface area contributed by atoms with Gasteiger partial charge in [0.2, 0.25) is 0 Å². The molecule has 1 rings (SSSR count). The van der Waals surface area contributed by atoms with Crippen molar-refractivity contribution >= 4 is 5.97 Å². The van der Waals surface area contributed by atoms with E-state index in [2.05, 4.69) is 0 Å². The van der Waals surface area contributed by atoms with E-state index in [1.165, 1.54) is 31.2 Å². The van der Waals surface area contributed by atoms with Gasteiger partial charge in [-0.15, -0.1) is 0 Å². The first-order chi connectivity index (χ1) is 8.61. The number of rotatable bonds is 7. The van der Waals surface area contributed by atoms with Gasteiger partial charge in [0.25, 0.3) is 0 Å². The van der Waals surface area contributed by atoms with E-state index in [0.717, 1.165) is 0 Å². The molecule has 0 aliphatic rings. The zero-order valence-electron chi connectivity index (χ0n) is 10.3. The standard InChI is InChI=1S/C13H17FO4/c1-10(16)18-13(3-2-8-15)9-17-12-6-4-11(14)5-7-12/h4-7,13,15H,2-3,8-9H2,1H3. The van der Waals surface area contributed by atoms with E-state index in [-0.39, 0.29) is 25.0 Å². The van der Waals surface area contributed by atoms with Crippen LogP contribution in [0.25, 0.3) is 0 Å². The summed E-state index contributed by atoms with van der Waals surface area (Å²) < 4.78 is 23.1. The fourth-order valence-electron chi connectivity index (χ4n) is 1.45. The number of benzene rings is 1. The monoisotopic (exact) mass is 256 g/mol. The number of hydrogen-bond acceptors (Lipinski definition) is 4. The number of aliphatic hydroxyl groups is 1. The van der Waals surface area contributed by atoms with Gasteiger partial charge in [0.05, 0.1) is 0 Å². The maximum atomic E-state index is 12.7. The van der Waals surface area contributed by atoms with Crippen molar-refractivity contribution in [3.05, 3.63) is 30.1 Å². The highest BCUT2D eigenvalue weighted by Crippen LogP contribution is 2.13. The molecule has 0 bridgehead atoms. The summed E-state index contributed by atoms with van der Waals surface area (Å²) in [6, 6.07) is 5.60. The Morgan fingerprint density at radius 3 is 2.61 bits per heavy atom. The zero-order chi connectivity index (χ0) is 13.4. The largest absolute Gasteiger partial charge is 0.490 e. The molecule has 1 aromatic rings. The topological polar surface area (TPSA) is 55.8 Å². The second-order valence-electron chi connectivity index (χ2n) is 3.86. The van der Waals surface area contributed by atoms with Crippen LogP contribution in [0, 0.1) is 5.82 Å². The molecule has 0 amide bonds. The van der Waals surface area contributed by atoms with Crippen LogP contribution in [0.1, 0.15) is 19.8 Å². The van der Waals surface area contributed by atoms with Crippen molar-refractivity contribution in [3.8, 4) is 5.75 Å². The third-order valence-corrected chi connectivity index (χ3v) is 2.27. The smallest absolute Gasteiger partial charge is 0.303 e. The lowest BCUT2D eigenvalue weighted by Gasteiger charge is -2.17. The molecule has 0 aromatic heterocycles. The Kier molecular flexibility index (Phi) is 6.14. The summed E-state index contributed by atoms with van der Waals surface area (Å²) in [5, 5.41) is 8.74. The Balaban J connectivity index is 2.44. The Labute approximate surface area is 105 Å². The molecule has 4 nitrogen and oxygen atoms in total. The summed E-state index contributed by atoms with van der Waals surface area (Å²) in [4.78, 5) is 10.9. The number of carbonyl (C=O) groups excluding carboxylic acids is 1. The molecule has 0 radical (unpaired) electrons. The predicted octanol–water partition coefficient (Wildman–Crippen LogP) is 1.91. The fraction of sp³-hybridized carbons (Fsp3) is 0.462. The number of hydrogen-bond donors (Lipinski definition) is 1. The van der Waals surface area contributed by atoms with Crippen LogP contribution in [0.5, 0.6) is 5.75 Å². The molecule has 0 saturated heterocycles. The van der Waals surface area contributed by atoms with Gasteiger partial charge in [-0.2, -0.15) is 0 Å². The van der Waals surface area contributed by atoms with Crippen LogP contribution in [0.3, 0.4) is 0 Å². The van der Waals surface area contributed by atoms with Gasteiger partial charge >= 0.3 is 5.97 Å². The van der Waals surface area contributed by atoms with E-state index in [1.807, 2.05) is 0 Å². The van der Waals surface area contributed by atoms with Crippen molar-refractivity contribution in [1.29, 1.82) is 0 Å². The van der Waals surface area contributed by atoms with E-state index >= 15 is 0 Å². The van der Waals surface area contributed by atoms with Gasteiger partial charge in [0.1, 0.15) is 24.3 Å². The molecule has 0 heterocycles. The summed E-state index contributed by atoms with van der Waals surface area (Å²) in [5.41, 5.74) is 0. The lowest BCUT2D eigenvalue weighted by atomic mass is 10.2. The number of ether oxygens (including phenoxy) is 2. The number of aliphatic hydroxyl groups excluding tert-OH is 1. The molecule has 0 spiro atoms. The third kappa shape index (κ3) is 5.63. The lowest BCUT2D eigenvalue weighted by Crippen LogP contribution is -2.24. The minimum atomic E-state index is -0.403. The predicted molar refractivity (Wildman–Crippen MR) is 63.8 cm³/mol. The van der Waals surface area contributed by atoms with Crippen LogP contribution in [0.4, 0.5) is 4.39 Å². The highest BCUT2D eigenvalue weighted by Gasteiger charge is 2.12. The molecule has 1 unspecified atom stereocenters. The second kappa shape index (κ2) is 7.66. The zero-order valence-corrected chi connectivity index (χ0v) is 10.3.